The number of nitrogens with zero attached hydrogens (tertiary/aromatic N) is 1. The molecule has 2 amide bonds. The van der Waals surface area contributed by atoms with Gasteiger partial charge in [0, 0.05) is 33.0 Å². The predicted octanol–water partition coefficient (Wildman–Crippen LogP) is 1.41. The third-order valence-corrected chi connectivity index (χ3v) is 2.24. The van der Waals surface area contributed by atoms with Gasteiger partial charge >= 0.3 is 0 Å². The van der Waals surface area contributed by atoms with Crippen LogP contribution in [0.25, 0.3) is 0 Å². The van der Waals surface area contributed by atoms with Crippen LogP contribution in [0.15, 0.2) is 0 Å². The van der Waals surface area contributed by atoms with E-state index in [2.05, 4.69) is 5.32 Å². The van der Waals surface area contributed by atoms with E-state index in [1.54, 1.807) is 11.8 Å². The Hall–Kier alpha value is -1.06. The molecule has 0 rings (SSSR count). The molecule has 0 bridgehead atoms. The van der Waals surface area contributed by atoms with E-state index in [0.29, 0.717) is 25.4 Å². The highest BCUT2D eigenvalue weighted by molar-refractivity contribution is 5.76. The highest BCUT2D eigenvalue weighted by atomic mass is 16.2. The molecule has 0 aliphatic carbocycles. The minimum absolute atomic E-state index is 0.0648. The maximum Gasteiger partial charge on any atom is 0.220 e. The number of hydrogen-bond acceptors (Lipinski definition) is 2. The van der Waals surface area contributed by atoms with E-state index < -0.39 is 0 Å². The molecule has 16 heavy (non-hydrogen) atoms. The smallest absolute Gasteiger partial charge is 0.220 e. The van der Waals surface area contributed by atoms with E-state index in [9.17, 15) is 9.59 Å². The van der Waals surface area contributed by atoms with Crippen LogP contribution in [-0.2, 0) is 9.59 Å². The molecule has 1 N–H and O–H groups in total. The van der Waals surface area contributed by atoms with Crippen LogP contribution >= 0.6 is 0 Å². The molecule has 0 aromatic heterocycles. The van der Waals surface area contributed by atoms with Gasteiger partial charge in [-0.2, -0.15) is 0 Å². The summed E-state index contributed by atoms with van der Waals surface area (Å²) in [5.41, 5.74) is 0. The molecule has 0 atom stereocenters. The second-order valence-electron chi connectivity index (χ2n) is 4.45. The number of amides is 2. The van der Waals surface area contributed by atoms with Crippen molar-refractivity contribution in [2.45, 2.75) is 40.5 Å². The minimum Gasteiger partial charge on any atom is -0.354 e. The van der Waals surface area contributed by atoms with Crippen LogP contribution in [0.3, 0.4) is 0 Å². The fraction of sp³-hybridized carbons (Fsp3) is 0.833. The lowest BCUT2D eigenvalue weighted by Crippen LogP contribution is -2.38. The van der Waals surface area contributed by atoms with E-state index in [-0.39, 0.29) is 11.8 Å². The van der Waals surface area contributed by atoms with E-state index in [1.807, 2.05) is 20.8 Å². The summed E-state index contributed by atoms with van der Waals surface area (Å²) >= 11 is 0. The van der Waals surface area contributed by atoms with Crippen molar-refractivity contribution >= 4 is 11.8 Å². The molecule has 0 spiro atoms. The van der Waals surface area contributed by atoms with Crippen molar-refractivity contribution in [1.29, 1.82) is 0 Å². The average molecular weight is 228 g/mol. The monoisotopic (exact) mass is 228 g/mol. The molecule has 0 aliphatic heterocycles. The third kappa shape index (κ3) is 7.26. The molecule has 0 aromatic rings. The van der Waals surface area contributed by atoms with Gasteiger partial charge in [-0.3, -0.25) is 9.59 Å². The lowest BCUT2D eigenvalue weighted by Gasteiger charge is -2.20. The van der Waals surface area contributed by atoms with Gasteiger partial charge in [0.05, 0.1) is 0 Å². The first-order valence-electron chi connectivity index (χ1n) is 5.99. The average Bonchev–Trinajstić information content (AvgIpc) is 2.15. The van der Waals surface area contributed by atoms with Crippen molar-refractivity contribution in [2.24, 2.45) is 5.92 Å². The molecular formula is C12H24N2O2. The third-order valence-electron chi connectivity index (χ3n) is 2.24. The Morgan fingerprint density at radius 1 is 1.25 bits per heavy atom. The first-order chi connectivity index (χ1) is 7.47. The van der Waals surface area contributed by atoms with Gasteiger partial charge in [-0.25, -0.2) is 0 Å². The van der Waals surface area contributed by atoms with Crippen molar-refractivity contribution in [2.75, 3.05) is 19.6 Å². The zero-order chi connectivity index (χ0) is 12.6. The van der Waals surface area contributed by atoms with Crippen molar-refractivity contribution in [1.82, 2.24) is 10.2 Å². The zero-order valence-corrected chi connectivity index (χ0v) is 10.9. The summed E-state index contributed by atoms with van der Waals surface area (Å²) in [7, 11) is 0. The summed E-state index contributed by atoms with van der Waals surface area (Å²) in [6, 6.07) is 0. The van der Waals surface area contributed by atoms with E-state index in [1.165, 1.54) is 0 Å². The number of rotatable bonds is 7. The predicted molar refractivity (Wildman–Crippen MR) is 65.0 cm³/mol. The highest BCUT2D eigenvalue weighted by Gasteiger charge is 2.08. The molecular weight excluding hydrogens is 204 g/mol. The molecule has 0 unspecified atom stereocenters. The quantitative estimate of drug-likeness (QED) is 0.716. The minimum atomic E-state index is 0.0648. The van der Waals surface area contributed by atoms with Crippen LogP contribution in [0.1, 0.15) is 40.5 Å². The summed E-state index contributed by atoms with van der Waals surface area (Å²) in [5, 5.41) is 2.82. The van der Waals surface area contributed by atoms with Gasteiger partial charge in [0.15, 0.2) is 0 Å². The summed E-state index contributed by atoms with van der Waals surface area (Å²) in [6.07, 6.45) is 1.49. The normalized spacial score (nSPS) is 10.3. The molecule has 0 aliphatic rings. The molecule has 0 saturated heterocycles. The molecule has 0 aromatic carbocycles. The van der Waals surface area contributed by atoms with Gasteiger partial charge < -0.3 is 10.2 Å². The fourth-order valence-electron chi connectivity index (χ4n) is 1.47. The van der Waals surface area contributed by atoms with Crippen LogP contribution in [-0.4, -0.2) is 36.3 Å². The SMILES string of the molecule is CCCN(CCNC(=O)CC(C)C)C(C)=O. The maximum absolute atomic E-state index is 11.3. The zero-order valence-electron chi connectivity index (χ0n) is 10.9. The second kappa shape index (κ2) is 8.13. The summed E-state index contributed by atoms with van der Waals surface area (Å²) in [5.74, 6) is 0.509. The van der Waals surface area contributed by atoms with Gasteiger partial charge in [-0.15, -0.1) is 0 Å². The Morgan fingerprint density at radius 3 is 2.31 bits per heavy atom. The Bertz CT molecular complexity index is 227. The molecule has 0 heterocycles. The van der Waals surface area contributed by atoms with Crippen molar-refractivity contribution in [3.8, 4) is 0 Å². The van der Waals surface area contributed by atoms with Crippen LogP contribution in [0, 0.1) is 5.92 Å². The Kier molecular flexibility index (Phi) is 7.60. The molecule has 0 fully saturated rings. The first kappa shape index (κ1) is 14.9. The van der Waals surface area contributed by atoms with Crippen molar-refractivity contribution in [3.05, 3.63) is 0 Å². The van der Waals surface area contributed by atoms with E-state index in [0.717, 1.165) is 13.0 Å². The van der Waals surface area contributed by atoms with E-state index >= 15 is 0 Å². The van der Waals surface area contributed by atoms with Crippen molar-refractivity contribution < 1.29 is 9.59 Å². The van der Waals surface area contributed by atoms with Crippen LogP contribution < -0.4 is 5.32 Å². The van der Waals surface area contributed by atoms with Gasteiger partial charge in [-0.05, 0) is 12.3 Å². The topological polar surface area (TPSA) is 49.4 Å². The molecule has 0 saturated carbocycles. The Morgan fingerprint density at radius 2 is 1.88 bits per heavy atom. The molecule has 4 nitrogen and oxygen atoms in total. The maximum atomic E-state index is 11.3. The molecule has 4 heteroatoms. The van der Waals surface area contributed by atoms with Gasteiger partial charge in [0.2, 0.25) is 11.8 Å². The largest absolute Gasteiger partial charge is 0.354 e. The van der Waals surface area contributed by atoms with Crippen LogP contribution in [0.2, 0.25) is 0 Å². The highest BCUT2D eigenvalue weighted by Crippen LogP contribution is 1.98. The molecule has 94 valence electrons. The van der Waals surface area contributed by atoms with Gasteiger partial charge in [-0.1, -0.05) is 20.8 Å². The first-order valence-corrected chi connectivity index (χ1v) is 5.99. The standard InChI is InChI=1S/C12H24N2O2/c1-5-7-14(11(4)15)8-6-13-12(16)9-10(2)3/h10H,5-9H2,1-4H3,(H,13,16). The lowest BCUT2D eigenvalue weighted by atomic mass is 10.1. The number of carbonyl (C=O) groups excluding carboxylic acids is 2. The lowest BCUT2D eigenvalue weighted by molar-refractivity contribution is -0.129. The molecule has 0 radical (unpaired) electrons. The number of hydrogen-bond donors (Lipinski definition) is 1. The van der Waals surface area contributed by atoms with Gasteiger partial charge in [0.1, 0.15) is 0 Å². The van der Waals surface area contributed by atoms with Gasteiger partial charge in [0.25, 0.3) is 0 Å². The van der Waals surface area contributed by atoms with Crippen LogP contribution in [0.4, 0.5) is 0 Å². The Labute approximate surface area is 98.4 Å². The summed E-state index contributed by atoms with van der Waals surface area (Å²) in [4.78, 5) is 24.3. The second-order valence-corrected chi connectivity index (χ2v) is 4.45. The fourth-order valence-corrected chi connectivity index (χ4v) is 1.47. The number of carbonyl (C=O) groups is 2. The van der Waals surface area contributed by atoms with Crippen LogP contribution in [0.5, 0.6) is 0 Å². The number of nitrogens with one attached hydrogen (secondary N) is 1. The van der Waals surface area contributed by atoms with E-state index in [4.69, 9.17) is 0 Å². The Balaban J connectivity index is 3.77. The summed E-state index contributed by atoms with van der Waals surface area (Å²) < 4.78 is 0. The van der Waals surface area contributed by atoms with Crippen molar-refractivity contribution in [3.63, 3.8) is 0 Å². The summed E-state index contributed by atoms with van der Waals surface area (Å²) in [6.45, 7) is 9.53.